The molecule has 1 N–H and O–H groups in total. The summed E-state index contributed by atoms with van der Waals surface area (Å²) in [6.45, 7) is 3.91. The molecule has 4 heteroatoms. The highest BCUT2D eigenvalue weighted by Crippen LogP contribution is 2.21. The molecule has 108 valence electrons. The summed E-state index contributed by atoms with van der Waals surface area (Å²) in [7, 11) is 0. The molecule has 1 atom stereocenters. The molecule has 0 aliphatic rings. The van der Waals surface area contributed by atoms with Crippen LogP contribution in [0.25, 0.3) is 10.9 Å². The molecule has 1 aromatic carbocycles. The Morgan fingerprint density at radius 1 is 1.40 bits per heavy atom. The van der Waals surface area contributed by atoms with Crippen LogP contribution in [0.3, 0.4) is 0 Å². The molecule has 2 rings (SSSR count). The minimum Gasteiger partial charge on any atom is -0.392 e. The Bertz CT molecular complexity index is 588. The number of aliphatic hydroxyl groups is 1. The maximum absolute atomic E-state index is 12.1. The minimum absolute atomic E-state index is 0.0730. The second-order valence-electron chi connectivity index (χ2n) is 5.11. The Balaban J connectivity index is 2.19. The summed E-state index contributed by atoms with van der Waals surface area (Å²) in [5, 5.41) is 10.3. The van der Waals surface area contributed by atoms with E-state index in [1.54, 1.807) is 6.20 Å². The summed E-state index contributed by atoms with van der Waals surface area (Å²) >= 11 is 0. The van der Waals surface area contributed by atoms with E-state index in [-0.39, 0.29) is 18.5 Å². The normalized spacial score (nSPS) is 12.6. The topological polar surface area (TPSA) is 51.5 Å². The van der Waals surface area contributed by atoms with Crippen LogP contribution in [0.5, 0.6) is 0 Å². The smallest absolute Gasteiger partial charge is 0.335 e. The number of benzene rings is 1. The van der Waals surface area contributed by atoms with Crippen molar-refractivity contribution < 1.29 is 14.7 Å². The lowest BCUT2D eigenvalue weighted by Gasteiger charge is -2.11. The average Bonchev–Trinajstić information content (AvgIpc) is 2.83. The molecule has 0 aliphatic carbocycles. The number of fused-ring (bicyclic) bond motifs is 1. The first kappa shape index (κ1) is 14.6. The molecule has 0 radical (unpaired) electrons. The molecule has 20 heavy (non-hydrogen) atoms. The summed E-state index contributed by atoms with van der Waals surface area (Å²) in [6.07, 6.45) is 4.60. The summed E-state index contributed by atoms with van der Waals surface area (Å²) in [5.74, 6) is -0.350. The first-order chi connectivity index (χ1) is 9.67. The van der Waals surface area contributed by atoms with Crippen LogP contribution in [0.15, 0.2) is 30.5 Å². The number of para-hydroxylation sites is 1. The number of unbranched alkanes of at least 4 members (excludes halogenated alkanes) is 1. The van der Waals surface area contributed by atoms with Gasteiger partial charge in [0.05, 0.1) is 24.2 Å². The Hall–Kier alpha value is -1.81. The summed E-state index contributed by atoms with van der Waals surface area (Å²) in [6, 6.07) is 7.57. The van der Waals surface area contributed by atoms with E-state index in [0.29, 0.717) is 0 Å². The fraction of sp³-hybridized carbons (Fsp3) is 0.438. The van der Waals surface area contributed by atoms with Crippen molar-refractivity contribution in [3.8, 4) is 0 Å². The third kappa shape index (κ3) is 3.02. The molecule has 0 saturated carbocycles. The van der Waals surface area contributed by atoms with Gasteiger partial charge in [-0.3, -0.25) is 0 Å². The van der Waals surface area contributed by atoms with Gasteiger partial charge in [0.15, 0.2) is 0 Å². The van der Waals surface area contributed by atoms with Gasteiger partial charge in [0.25, 0.3) is 0 Å². The highest BCUT2D eigenvalue weighted by molar-refractivity contribution is 5.84. The molecule has 0 aliphatic heterocycles. The van der Waals surface area contributed by atoms with E-state index in [9.17, 15) is 9.90 Å². The van der Waals surface area contributed by atoms with Crippen LogP contribution in [-0.4, -0.2) is 15.8 Å². The molecule has 4 nitrogen and oxygen atoms in total. The molecule has 0 saturated heterocycles. The van der Waals surface area contributed by atoms with Gasteiger partial charge in [0.1, 0.15) is 0 Å². The van der Waals surface area contributed by atoms with E-state index in [2.05, 4.69) is 6.92 Å². The third-order valence-corrected chi connectivity index (χ3v) is 3.51. The summed E-state index contributed by atoms with van der Waals surface area (Å²) < 4.78 is 1.46. The molecule has 1 heterocycles. The molecular weight excluding hydrogens is 254 g/mol. The zero-order chi connectivity index (χ0) is 14.5. The first-order valence-corrected chi connectivity index (χ1v) is 7.09. The Morgan fingerprint density at radius 2 is 2.15 bits per heavy atom. The Morgan fingerprint density at radius 3 is 2.85 bits per heavy atom. The summed E-state index contributed by atoms with van der Waals surface area (Å²) in [4.78, 5) is 17.5. The van der Waals surface area contributed by atoms with E-state index >= 15 is 0 Å². The van der Waals surface area contributed by atoms with E-state index in [1.807, 2.05) is 31.2 Å². The van der Waals surface area contributed by atoms with Crippen LogP contribution in [0.4, 0.5) is 0 Å². The first-order valence-electron chi connectivity index (χ1n) is 7.09. The number of hydrogen-bond acceptors (Lipinski definition) is 3. The van der Waals surface area contributed by atoms with Crippen molar-refractivity contribution in [3.63, 3.8) is 0 Å². The van der Waals surface area contributed by atoms with Gasteiger partial charge >= 0.3 is 5.97 Å². The van der Waals surface area contributed by atoms with Crippen molar-refractivity contribution >= 4 is 16.9 Å². The predicted octanol–water partition coefficient (Wildman–Crippen LogP) is 2.92. The van der Waals surface area contributed by atoms with Crippen molar-refractivity contribution in [2.24, 2.45) is 5.92 Å². The lowest BCUT2D eigenvalue weighted by molar-refractivity contribution is -0.148. The van der Waals surface area contributed by atoms with Crippen LogP contribution in [-0.2, 0) is 11.4 Å². The maximum Gasteiger partial charge on any atom is 0.335 e. The number of nitrogens with zero attached hydrogens (tertiary/aromatic N) is 1. The predicted molar refractivity (Wildman–Crippen MR) is 78.1 cm³/mol. The summed E-state index contributed by atoms with van der Waals surface area (Å²) in [5.41, 5.74) is 1.56. The van der Waals surface area contributed by atoms with E-state index < -0.39 is 0 Å². The largest absolute Gasteiger partial charge is 0.392 e. The highest BCUT2D eigenvalue weighted by atomic mass is 16.7. The third-order valence-electron chi connectivity index (χ3n) is 3.51. The van der Waals surface area contributed by atoms with Crippen molar-refractivity contribution in [2.75, 3.05) is 0 Å². The number of aromatic nitrogens is 1. The standard InChI is InChI=1S/C16H21NO3/c1-3-4-7-12(2)16(19)20-17-10-13(11-18)14-8-5-6-9-15(14)17/h5-6,8-10,12,18H,3-4,7,11H2,1-2H3. The van der Waals surface area contributed by atoms with Crippen LogP contribution >= 0.6 is 0 Å². The lowest BCUT2D eigenvalue weighted by Crippen LogP contribution is -2.25. The van der Waals surface area contributed by atoms with E-state index in [4.69, 9.17) is 4.84 Å². The number of rotatable bonds is 6. The fourth-order valence-electron chi connectivity index (χ4n) is 2.23. The molecule has 0 amide bonds. The van der Waals surface area contributed by atoms with Gasteiger partial charge in [-0.05, 0) is 12.5 Å². The molecule has 0 fully saturated rings. The van der Waals surface area contributed by atoms with Crippen LogP contribution in [0.1, 0.15) is 38.7 Å². The number of hydrogen-bond donors (Lipinski definition) is 1. The average molecular weight is 275 g/mol. The number of carbonyl (C=O) groups excluding carboxylic acids is 1. The Labute approximate surface area is 118 Å². The molecule has 1 aromatic heterocycles. The van der Waals surface area contributed by atoms with Crippen LogP contribution in [0, 0.1) is 5.92 Å². The quantitative estimate of drug-likeness (QED) is 0.882. The monoisotopic (exact) mass is 275 g/mol. The van der Waals surface area contributed by atoms with Crippen molar-refractivity contribution in [2.45, 2.75) is 39.7 Å². The number of aliphatic hydroxyl groups excluding tert-OH is 1. The Kier molecular flexibility index (Phi) is 4.79. The van der Waals surface area contributed by atoms with E-state index in [0.717, 1.165) is 35.7 Å². The van der Waals surface area contributed by atoms with Gasteiger partial charge in [-0.2, -0.15) is 4.73 Å². The lowest BCUT2D eigenvalue weighted by atomic mass is 10.1. The van der Waals surface area contributed by atoms with Crippen molar-refractivity contribution in [1.29, 1.82) is 0 Å². The molecule has 2 aromatic rings. The van der Waals surface area contributed by atoms with E-state index in [1.165, 1.54) is 4.73 Å². The molecule has 0 bridgehead atoms. The van der Waals surface area contributed by atoms with Crippen molar-refractivity contribution in [3.05, 3.63) is 36.0 Å². The van der Waals surface area contributed by atoms with Crippen molar-refractivity contribution in [1.82, 2.24) is 4.73 Å². The molecule has 1 unspecified atom stereocenters. The van der Waals surface area contributed by atoms with Gasteiger partial charge in [-0.15, -0.1) is 0 Å². The number of carbonyl (C=O) groups is 1. The minimum atomic E-state index is -0.233. The maximum atomic E-state index is 12.1. The van der Waals surface area contributed by atoms with Gasteiger partial charge in [-0.1, -0.05) is 44.9 Å². The second-order valence-corrected chi connectivity index (χ2v) is 5.11. The van der Waals surface area contributed by atoms with Crippen LogP contribution in [0.2, 0.25) is 0 Å². The molecular formula is C16H21NO3. The zero-order valence-corrected chi connectivity index (χ0v) is 12.0. The van der Waals surface area contributed by atoms with Crippen LogP contribution < -0.4 is 4.84 Å². The second kappa shape index (κ2) is 6.57. The van der Waals surface area contributed by atoms with Gasteiger partial charge in [0.2, 0.25) is 0 Å². The van der Waals surface area contributed by atoms with Gasteiger partial charge in [0, 0.05) is 10.9 Å². The fourth-order valence-corrected chi connectivity index (χ4v) is 2.23. The molecule has 0 spiro atoms. The van der Waals surface area contributed by atoms with Gasteiger partial charge in [-0.25, -0.2) is 4.79 Å². The SMILES string of the molecule is CCCCC(C)C(=O)On1cc(CO)c2ccccc21. The zero-order valence-electron chi connectivity index (χ0n) is 12.0. The van der Waals surface area contributed by atoms with Gasteiger partial charge < -0.3 is 9.94 Å². The highest BCUT2D eigenvalue weighted by Gasteiger charge is 2.17.